The van der Waals surface area contributed by atoms with E-state index in [1.54, 1.807) is 12.4 Å². The van der Waals surface area contributed by atoms with E-state index < -0.39 is 0 Å². The first kappa shape index (κ1) is 11.4. The fraction of sp³-hybridized carbons (Fsp3) is 0.364. The largest absolute Gasteiger partial charge is 0.347 e. The molecule has 2 rings (SSSR count). The predicted octanol–water partition coefficient (Wildman–Crippen LogP) is 1.32. The van der Waals surface area contributed by atoms with Crippen molar-refractivity contribution >= 4 is 5.91 Å². The maximum absolute atomic E-state index is 12.0. The molecule has 0 aliphatic rings. The van der Waals surface area contributed by atoms with Crippen molar-refractivity contribution in [3.05, 3.63) is 35.7 Å². The summed E-state index contributed by atoms with van der Waals surface area (Å²) in [6.45, 7) is 3.81. The number of aromatic amines is 2. The van der Waals surface area contributed by atoms with E-state index in [0.717, 1.165) is 17.9 Å². The molecule has 1 amide bonds. The number of amides is 1. The average molecular weight is 233 g/mol. The van der Waals surface area contributed by atoms with E-state index in [0.29, 0.717) is 5.56 Å². The zero-order chi connectivity index (χ0) is 12.3. The number of aryl methyl sites for hydroxylation is 1. The predicted molar refractivity (Wildman–Crippen MR) is 62.4 cm³/mol. The van der Waals surface area contributed by atoms with Gasteiger partial charge in [0, 0.05) is 18.1 Å². The summed E-state index contributed by atoms with van der Waals surface area (Å²) in [5.41, 5.74) is 1.33. The molecule has 0 fully saturated rings. The molecule has 0 spiro atoms. The Morgan fingerprint density at radius 3 is 2.94 bits per heavy atom. The third-order valence-corrected chi connectivity index (χ3v) is 2.64. The fourth-order valence-corrected chi connectivity index (χ4v) is 1.65. The molecule has 3 N–H and O–H groups in total. The smallest absolute Gasteiger partial charge is 0.255 e. The van der Waals surface area contributed by atoms with Crippen molar-refractivity contribution in [3.63, 3.8) is 0 Å². The molecule has 0 saturated heterocycles. The summed E-state index contributed by atoms with van der Waals surface area (Å²) in [7, 11) is 0. The summed E-state index contributed by atoms with van der Waals surface area (Å²) in [5.74, 6) is 0.626. The van der Waals surface area contributed by atoms with E-state index in [1.165, 1.54) is 6.20 Å². The Morgan fingerprint density at radius 2 is 2.41 bits per heavy atom. The maximum Gasteiger partial charge on any atom is 0.255 e. The van der Waals surface area contributed by atoms with Gasteiger partial charge in [0.25, 0.3) is 5.91 Å². The van der Waals surface area contributed by atoms with E-state index in [9.17, 15) is 4.79 Å². The second-order valence-electron chi connectivity index (χ2n) is 3.82. The monoisotopic (exact) mass is 233 g/mol. The van der Waals surface area contributed by atoms with Crippen LogP contribution in [0.15, 0.2) is 18.6 Å². The van der Waals surface area contributed by atoms with E-state index in [4.69, 9.17) is 0 Å². The number of aromatic nitrogens is 4. The van der Waals surface area contributed by atoms with Gasteiger partial charge >= 0.3 is 0 Å². The lowest BCUT2D eigenvalue weighted by molar-refractivity contribution is 0.0933. The third-order valence-electron chi connectivity index (χ3n) is 2.64. The topological polar surface area (TPSA) is 86.5 Å². The molecular weight excluding hydrogens is 218 g/mol. The SMILES string of the molecule is CCC(NC(=O)c1cn[nH]c1C)c1ncc[nH]1. The third kappa shape index (κ3) is 2.35. The molecule has 0 aliphatic carbocycles. The summed E-state index contributed by atoms with van der Waals surface area (Å²) in [6.07, 6.45) is 5.72. The molecule has 0 radical (unpaired) electrons. The number of nitrogens with zero attached hydrogens (tertiary/aromatic N) is 2. The highest BCUT2D eigenvalue weighted by molar-refractivity contribution is 5.95. The van der Waals surface area contributed by atoms with E-state index in [1.807, 2.05) is 13.8 Å². The van der Waals surface area contributed by atoms with Crippen LogP contribution in [-0.2, 0) is 0 Å². The van der Waals surface area contributed by atoms with Gasteiger partial charge in [-0.15, -0.1) is 0 Å². The van der Waals surface area contributed by atoms with Gasteiger partial charge in [0.2, 0.25) is 0 Å². The summed E-state index contributed by atoms with van der Waals surface area (Å²) < 4.78 is 0. The van der Waals surface area contributed by atoms with Gasteiger partial charge in [-0.3, -0.25) is 9.89 Å². The zero-order valence-corrected chi connectivity index (χ0v) is 9.82. The zero-order valence-electron chi connectivity index (χ0n) is 9.82. The van der Waals surface area contributed by atoms with Crippen LogP contribution in [0.5, 0.6) is 0 Å². The van der Waals surface area contributed by atoms with Gasteiger partial charge in [-0.05, 0) is 13.3 Å². The summed E-state index contributed by atoms with van der Waals surface area (Å²) in [6, 6.07) is -0.105. The van der Waals surface area contributed by atoms with Crippen LogP contribution in [0.25, 0.3) is 0 Å². The van der Waals surface area contributed by atoms with Gasteiger partial charge in [0.05, 0.1) is 17.8 Å². The molecule has 1 unspecified atom stereocenters. The van der Waals surface area contributed by atoms with Gasteiger partial charge in [-0.25, -0.2) is 4.98 Å². The molecule has 90 valence electrons. The van der Waals surface area contributed by atoms with Crippen molar-refractivity contribution in [3.8, 4) is 0 Å². The quantitative estimate of drug-likeness (QED) is 0.744. The molecule has 0 aromatic carbocycles. The van der Waals surface area contributed by atoms with Gasteiger partial charge in [0.1, 0.15) is 5.82 Å². The van der Waals surface area contributed by atoms with Crippen molar-refractivity contribution in [2.24, 2.45) is 0 Å². The lowest BCUT2D eigenvalue weighted by atomic mass is 10.2. The van der Waals surface area contributed by atoms with Crippen LogP contribution in [0.2, 0.25) is 0 Å². The Labute approximate surface area is 98.9 Å². The highest BCUT2D eigenvalue weighted by Crippen LogP contribution is 2.13. The highest BCUT2D eigenvalue weighted by Gasteiger charge is 2.17. The Hall–Kier alpha value is -2.11. The lowest BCUT2D eigenvalue weighted by Crippen LogP contribution is -2.29. The minimum absolute atomic E-state index is 0.105. The minimum Gasteiger partial charge on any atom is -0.347 e. The Kier molecular flexibility index (Phi) is 3.22. The maximum atomic E-state index is 12.0. The van der Waals surface area contributed by atoms with Gasteiger partial charge in [-0.2, -0.15) is 5.10 Å². The second-order valence-corrected chi connectivity index (χ2v) is 3.82. The number of nitrogens with one attached hydrogen (secondary N) is 3. The number of hydrogen-bond acceptors (Lipinski definition) is 3. The number of rotatable bonds is 4. The Balaban J connectivity index is 2.10. The van der Waals surface area contributed by atoms with Crippen LogP contribution in [0, 0.1) is 6.92 Å². The first-order valence-corrected chi connectivity index (χ1v) is 5.52. The standard InChI is InChI=1S/C11H15N5O/c1-3-9(10-12-4-5-13-10)15-11(17)8-6-14-16-7(8)2/h4-6,9H,3H2,1-2H3,(H,12,13)(H,14,16)(H,15,17). The van der Waals surface area contributed by atoms with Crippen molar-refractivity contribution in [2.75, 3.05) is 0 Å². The second kappa shape index (κ2) is 4.82. The molecule has 0 saturated carbocycles. The number of H-pyrrole nitrogens is 2. The Morgan fingerprint density at radius 1 is 1.59 bits per heavy atom. The number of hydrogen-bond donors (Lipinski definition) is 3. The first-order chi connectivity index (χ1) is 8.22. The van der Waals surface area contributed by atoms with Crippen molar-refractivity contribution in [1.82, 2.24) is 25.5 Å². The van der Waals surface area contributed by atoms with E-state index in [-0.39, 0.29) is 11.9 Å². The molecule has 0 aliphatic heterocycles. The van der Waals surface area contributed by atoms with Gasteiger partial charge in [-0.1, -0.05) is 6.92 Å². The van der Waals surface area contributed by atoms with E-state index >= 15 is 0 Å². The fourth-order valence-electron chi connectivity index (χ4n) is 1.65. The summed E-state index contributed by atoms with van der Waals surface area (Å²) >= 11 is 0. The normalized spacial score (nSPS) is 12.4. The van der Waals surface area contributed by atoms with Crippen molar-refractivity contribution < 1.29 is 4.79 Å². The highest BCUT2D eigenvalue weighted by atomic mass is 16.1. The summed E-state index contributed by atoms with van der Waals surface area (Å²) in [5, 5.41) is 9.49. The van der Waals surface area contributed by atoms with Crippen LogP contribution in [0.3, 0.4) is 0 Å². The molecule has 2 aromatic heterocycles. The van der Waals surface area contributed by atoms with Crippen LogP contribution >= 0.6 is 0 Å². The average Bonchev–Trinajstić information content (AvgIpc) is 2.96. The van der Waals surface area contributed by atoms with Gasteiger partial charge in [0.15, 0.2) is 0 Å². The molecule has 6 nitrogen and oxygen atoms in total. The lowest BCUT2D eigenvalue weighted by Gasteiger charge is -2.14. The van der Waals surface area contributed by atoms with Crippen molar-refractivity contribution in [2.45, 2.75) is 26.3 Å². The van der Waals surface area contributed by atoms with Crippen LogP contribution in [0.4, 0.5) is 0 Å². The van der Waals surface area contributed by atoms with Crippen LogP contribution in [-0.4, -0.2) is 26.1 Å². The molecule has 2 heterocycles. The first-order valence-electron chi connectivity index (χ1n) is 5.52. The number of carbonyl (C=O) groups is 1. The number of imidazole rings is 1. The minimum atomic E-state index is -0.139. The molecule has 1 atom stereocenters. The van der Waals surface area contributed by atoms with Crippen LogP contribution < -0.4 is 5.32 Å². The molecule has 0 bridgehead atoms. The van der Waals surface area contributed by atoms with Gasteiger partial charge < -0.3 is 10.3 Å². The molecular formula is C11H15N5O. The number of carbonyl (C=O) groups excluding carboxylic acids is 1. The molecule has 6 heteroatoms. The Bertz CT molecular complexity index is 488. The summed E-state index contributed by atoms with van der Waals surface area (Å²) in [4.78, 5) is 19.1. The van der Waals surface area contributed by atoms with Crippen LogP contribution in [0.1, 0.15) is 41.3 Å². The molecule has 2 aromatic rings. The van der Waals surface area contributed by atoms with E-state index in [2.05, 4.69) is 25.5 Å². The van der Waals surface area contributed by atoms with Crippen molar-refractivity contribution in [1.29, 1.82) is 0 Å². The molecule has 17 heavy (non-hydrogen) atoms.